The van der Waals surface area contributed by atoms with E-state index >= 15 is 0 Å². The normalized spacial score (nSPS) is 16.6. The Morgan fingerprint density at radius 3 is 1.55 bits per heavy atom. The quantitative estimate of drug-likeness (QED) is 0.538. The predicted octanol–water partition coefficient (Wildman–Crippen LogP) is 3.45. The minimum Gasteiger partial charge on any atom is -0.433 e. The minimum absolute atomic E-state index is 0.132. The second-order valence-corrected chi connectivity index (χ2v) is 6.65. The van der Waals surface area contributed by atoms with Crippen LogP contribution in [0.5, 0.6) is 0 Å². The molecule has 0 aliphatic carbocycles. The largest absolute Gasteiger partial charge is 0.508 e. The first-order valence-electron chi connectivity index (χ1n) is 8.69. The first kappa shape index (κ1) is 21.2. The molecule has 0 aromatic carbocycles. The Hall–Kier alpha value is -0.810. The van der Waals surface area contributed by atoms with Crippen LogP contribution in [0, 0.1) is 11.8 Å². The van der Waals surface area contributed by atoms with Gasteiger partial charge in [0.05, 0.1) is 0 Å². The fourth-order valence-corrected chi connectivity index (χ4v) is 2.78. The Bertz CT molecular complexity index is 261. The van der Waals surface area contributed by atoms with Crippen LogP contribution in [0.3, 0.4) is 0 Å². The third-order valence-electron chi connectivity index (χ3n) is 3.80. The van der Waals surface area contributed by atoms with Crippen molar-refractivity contribution in [2.24, 2.45) is 23.3 Å². The van der Waals surface area contributed by atoms with Crippen LogP contribution in [0.15, 0.2) is 0 Å². The van der Waals surface area contributed by atoms with E-state index in [0.29, 0.717) is 11.8 Å². The van der Waals surface area contributed by atoms with Gasteiger partial charge in [-0.05, 0) is 24.7 Å². The molecule has 0 aromatic rings. The summed E-state index contributed by atoms with van der Waals surface area (Å²) in [5.41, 5.74) is 11.9. The maximum Gasteiger partial charge on any atom is 0.508 e. The van der Waals surface area contributed by atoms with Crippen molar-refractivity contribution < 1.29 is 14.3 Å². The average molecular weight is 316 g/mol. The molecule has 0 amide bonds. The molecule has 0 saturated heterocycles. The van der Waals surface area contributed by atoms with Crippen LogP contribution in [0.25, 0.3) is 0 Å². The van der Waals surface area contributed by atoms with Crippen molar-refractivity contribution in [2.75, 3.05) is 13.2 Å². The summed E-state index contributed by atoms with van der Waals surface area (Å²) in [5.74, 6) is 1.10. The molecule has 132 valence electrons. The first-order chi connectivity index (χ1) is 10.4. The lowest BCUT2D eigenvalue weighted by Gasteiger charge is -2.18. The molecule has 0 aliphatic heterocycles. The van der Waals surface area contributed by atoms with E-state index < -0.39 is 6.16 Å². The highest BCUT2D eigenvalue weighted by atomic mass is 16.7. The molecule has 5 nitrogen and oxygen atoms in total. The number of ether oxygens (including phenoxy) is 2. The van der Waals surface area contributed by atoms with Gasteiger partial charge in [0, 0.05) is 12.1 Å². The van der Waals surface area contributed by atoms with Gasteiger partial charge in [0.1, 0.15) is 13.2 Å². The maximum atomic E-state index is 11.5. The monoisotopic (exact) mass is 316 g/mol. The number of nitrogens with two attached hydrogens (primary N) is 2. The van der Waals surface area contributed by atoms with Crippen molar-refractivity contribution in [1.82, 2.24) is 0 Å². The van der Waals surface area contributed by atoms with Gasteiger partial charge in [-0.1, -0.05) is 53.4 Å². The van der Waals surface area contributed by atoms with Crippen molar-refractivity contribution in [2.45, 2.75) is 78.3 Å². The molecule has 0 aliphatic rings. The van der Waals surface area contributed by atoms with Crippen LogP contribution in [-0.4, -0.2) is 31.5 Å². The minimum atomic E-state index is -0.669. The van der Waals surface area contributed by atoms with Gasteiger partial charge in [-0.15, -0.1) is 0 Å². The molecule has 0 saturated carbocycles. The van der Waals surface area contributed by atoms with Crippen LogP contribution in [-0.2, 0) is 9.47 Å². The number of carbonyl (C=O) groups is 1. The molecule has 0 bridgehead atoms. The average Bonchev–Trinajstić information content (AvgIpc) is 2.43. The Balaban J connectivity index is 3.76. The van der Waals surface area contributed by atoms with E-state index in [9.17, 15) is 4.79 Å². The maximum absolute atomic E-state index is 11.5. The van der Waals surface area contributed by atoms with Gasteiger partial charge in [-0.2, -0.15) is 0 Å². The van der Waals surface area contributed by atoms with Gasteiger partial charge < -0.3 is 20.9 Å². The molecule has 0 rings (SSSR count). The Morgan fingerprint density at radius 1 is 0.864 bits per heavy atom. The number of rotatable bonds is 12. The van der Waals surface area contributed by atoms with Crippen LogP contribution in [0.2, 0.25) is 0 Å². The van der Waals surface area contributed by atoms with Crippen LogP contribution >= 0.6 is 0 Å². The van der Waals surface area contributed by atoms with E-state index in [-0.39, 0.29) is 25.3 Å². The zero-order valence-corrected chi connectivity index (χ0v) is 14.8. The lowest BCUT2D eigenvalue weighted by molar-refractivity contribution is 0.0443. The molecule has 4 N–H and O–H groups in total. The van der Waals surface area contributed by atoms with Crippen molar-refractivity contribution in [1.29, 1.82) is 0 Å². The number of hydrogen-bond donors (Lipinski definition) is 2. The second kappa shape index (κ2) is 12.7. The van der Waals surface area contributed by atoms with Gasteiger partial charge in [0.25, 0.3) is 0 Å². The molecule has 0 fully saturated rings. The predicted molar refractivity (Wildman–Crippen MR) is 90.6 cm³/mol. The van der Waals surface area contributed by atoms with Crippen molar-refractivity contribution >= 4 is 6.16 Å². The SMILES string of the molecule is CCCC(C)CC(N)COC(=O)OCC(N)CC(C)CCC. The molecule has 22 heavy (non-hydrogen) atoms. The molecule has 0 heterocycles. The van der Waals surface area contributed by atoms with E-state index in [1.807, 2.05) is 0 Å². The standard InChI is InChI=1S/C17H36N2O3/c1-5-7-13(3)9-15(18)11-21-17(20)22-12-16(19)10-14(4)8-6-2/h13-16H,5-12,18-19H2,1-4H3. The fourth-order valence-electron chi connectivity index (χ4n) is 2.78. The molecule has 4 unspecified atom stereocenters. The van der Waals surface area contributed by atoms with Gasteiger partial charge in [-0.25, -0.2) is 4.79 Å². The van der Waals surface area contributed by atoms with Gasteiger partial charge in [0.15, 0.2) is 0 Å². The molecule has 4 atom stereocenters. The fraction of sp³-hybridized carbons (Fsp3) is 0.941. The smallest absolute Gasteiger partial charge is 0.433 e. The number of carbonyl (C=O) groups excluding carboxylic acids is 1. The summed E-state index contributed by atoms with van der Waals surface area (Å²) in [5, 5.41) is 0. The van der Waals surface area contributed by atoms with Gasteiger partial charge in [-0.3, -0.25) is 0 Å². The Labute approximate surface area is 136 Å². The first-order valence-corrected chi connectivity index (χ1v) is 8.69. The summed E-state index contributed by atoms with van der Waals surface area (Å²) < 4.78 is 10.1. The topological polar surface area (TPSA) is 87.6 Å². The molecular formula is C17H36N2O3. The lowest BCUT2D eigenvalue weighted by Crippen LogP contribution is -2.32. The molecular weight excluding hydrogens is 280 g/mol. The third kappa shape index (κ3) is 11.8. The third-order valence-corrected chi connectivity index (χ3v) is 3.80. The van der Waals surface area contributed by atoms with E-state index in [4.69, 9.17) is 20.9 Å². The van der Waals surface area contributed by atoms with Crippen LogP contribution in [0.1, 0.15) is 66.2 Å². The Kier molecular flexibility index (Phi) is 12.2. The molecule has 0 spiro atoms. The van der Waals surface area contributed by atoms with Crippen LogP contribution < -0.4 is 11.5 Å². The summed E-state index contributed by atoms with van der Waals surface area (Å²) in [6.45, 7) is 9.04. The zero-order chi connectivity index (χ0) is 17.0. The van der Waals surface area contributed by atoms with Crippen molar-refractivity contribution in [3.05, 3.63) is 0 Å². The molecule has 5 heteroatoms. The summed E-state index contributed by atoms with van der Waals surface area (Å²) in [7, 11) is 0. The number of hydrogen-bond acceptors (Lipinski definition) is 5. The van der Waals surface area contributed by atoms with E-state index in [1.165, 1.54) is 0 Å². The van der Waals surface area contributed by atoms with Crippen LogP contribution in [0.4, 0.5) is 4.79 Å². The lowest BCUT2D eigenvalue weighted by atomic mass is 9.98. The summed E-state index contributed by atoms with van der Waals surface area (Å²) >= 11 is 0. The summed E-state index contributed by atoms with van der Waals surface area (Å²) in [6, 6.07) is -0.264. The summed E-state index contributed by atoms with van der Waals surface area (Å²) in [4.78, 5) is 11.5. The van der Waals surface area contributed by atoms with Crippen molar-refractivity contribution in [3.8, 4) is 0 Å². The highest BCUT2D eigenvalue weighted by Gasteiger charge is 2.14. The molecule has 0 radical (unpaired) electrons. The zero-order valence-electron chi connectivity index (χ0n) is 14.8. The second-order valence-electron chi connectivity index (χ2n) is 6.65. The van der Waals surface area contributed by atoms with Crippen molar-refractivity contribution in [3.63, 3.8) is 0 Å². The van der Waals surface area contributed by atoms with E-state index in [0.717, 1.165) is 38.5 Å². The van der Waals surface area contributed by atoms with E-state index in [2.05, 4.69) is 27.7 Å². The molecule has 0 aromatic heterocycles. The Morgan fingerprint density at radius 2 is 1.23 bits per heavy atom. The highest BCUT2D eigenvalue weighted by molar-refractivity contribution is 5.59. The van der Waals surface area contributed by atoms with Gasteiger partial charge >= 0.3 is 6.16 Å². The summed E-state index contributed by atoms with van der Waals surface area (Å²) in [6.07, 6.45) is 5.61. The van der Waals surface area contributed by atoms with E-state index in [1.54, 1.807) is 0 Å². The van der Waals surface area contributed by atoms with Gasteiger partial charge in [0.2, 0.25) is 0 Å². The highest BCUT2D eigenvalue weighted by Crippen LogP contribution is 2.13.